The highest BCUT2D eigenvalue weighted by atomic mass is 32.2. The number of urea groups is 1. The van der Waals surface area contributed by atoms with Crippen molar-refractivity contribution < 1.29 is 14.4 Å². The number of amides is 4. The first kappa shape index (κ1) is 18.2. The molecule has 0 aliphatic heterocycles. The highest BCUT2D eigenvalue weighted by Gasteiger charge is 2.11. The van der Waals surface area contributed by atoms with Crippen molar-refractivity contribution in [2.75, 3.05) is 16.8 Å². The zero-order valence-electron chi connectivity index (χ0n) is 12.2. The minimum Gasteiger partial charge on any atom is -0.369 e. The number of nitrogens with one attached hydrogen (secondary N) is 2. The van der Waals surface area contributed by atoms with Crippen molar-refractivity contribution in [2.45, 2.75) is 8.68 Å². The highest BCUT2D eigenvalue weighted by Crippen LogP contribution is 2.28. The molecule has 2 rings (SSSR count). The highest BCUT2D eigenvalue weighted by molar-refractivity contribution is 8.03. The Bertz CT molecular complexity index is 723. The molecule has 0 radical (unpaired) electrons. The summed E-state index contributed by atoms with van der Waals surface area (Å²) in [5, 5.41) is 12.5. The molecule has 1 aromatic carbocycles. The van der Waals surface area contributed by atoms with Gasteiger partial charge in [0.15, 0.2) is 8.68 Å². The number of carbonyl (C=O) groups is 3. The molecule has 0 fully saturated rings. The summed E-state index contributed by atoms with van der Waals surface area (Å²) in [7, 11) is 0. The van der Waals surface area contributed by atoms with Crippen molar-refractivity contribution in [2.24, 2.45) is 5.73 Å². The molecule has 1 aromatic heterocycles. The van der Waals surface area contributed by atoms with E-state index in [9.17, 15) is 14.4 Å². The normalized spacial score (nSPS) is 10.2. The van der Waals surface area contributed by atoms with E-state index < -0.39 is 17.8 Å². The van der Waals surface area contributed by atoms with E-state index in [2.05, 4.69) is 20.8 Å². The van der Waals surface area contributed by atoms with E-state index in [-0.39, 0.29) is 11.5 Å². The lowest BCUT2D eigenvalue weighted by molar-refractivity contribution is -0.117. The predicted molar refractivity (Wildman–Crippen MR) is 94.2 cm³/mol. The fourth-order valence-electron chi connectivity index (χ4n) is 1.42. The minimum atomic E-state index is -0.596. The second-order valence-electron chi connectivity index (χ2n) is 4.25. The van der Waals surface area contributed by atoms with Gasteiger partial charge in [0.1, 0.15) is 0 Å². The van der Waals surface area contributed by atoms with Crippen LogP contribution in [0.25, 0.3) is 0 Å². The van der Waals surface area contributed by atoms with Gasteiger partial charge in [-0.1, -0.05) is 53.1 Å². The van der Waals surface area contributed by atoms with E-state index in [1.807, 2.05) is 6.07 Å². The van der Waals surface area contributed by atoms with Crippen molar-refractivity contribution >= 4 is 58.4 Å². The van der Waals surface area contributed by atoms with Crippen LogP contribution in [0.4, 0.5) is 10.5 Å². The summed E-state index contributed by atoms with van der Waals surface area (Å²) in [6.07, 6.45) is 0. The summed E-state index contributed by atoms with van der Waals surface area (Å²) in [5.41, 5.74) is 5.64. The molecule has 11 heteroatoms. The maximum Gasteiger partial charge on any atom is 0.325 e. The number of thioether (sulfide) groups is 2. The first-order valence-corrected chi connectivity index (χ1v) is 9.35. The van der Waals surface area contributed by atoms with Gasteiger partial charge in [-0.25, -0.2) is 4.79 Å². The van der Waals surface area contributed by atoms with Crippen molar-refractivity contribution in [3.05, 3.63) is 30.3 Å². The van der Waals surface area contributed by atoms with E-state index in [0.29, 0.717) is 14.4 Å². The summed E-state index contributed by atoms with van der Waals surface area (Å²) < 4.78 is 1.17. The molecule has 0 atom stereocenters. The molecule has 1 heterocycles. The van der Waals surface area contributed by atoms with Crippen molar-refractivity contribution in [1.82, 2.24) is 15.5 Å². The summed E-state index contributed by atoms with van der Waals surface area (Å²) in [5.74, 6) is -0.736. The molecule has 0 unspecified atom stereocenters. The molecule has 0 aliphatic carbocycles. The van der Waals surface area contributed by atoms with Crippen LogP contribution in [0, 0.1) is 0 Å². The van der Waals surface area contributed by atoms with E-state index in [1.54, 1.807) is 24.3 Å². The SMILES string of the molecule is NC(=O)CSc1nnc(SCC(=O)NC(=O)Nc2ccccc2)s1. The third kappa shape index (κ3) is 6.56. The van der Waals surface area contributed by atoms with Crippen LogP contribution in [0.2, 0.25) is 0 Å². The van der Waals surface area contributed by atoms with E-state index in [0.717, 1.165) is 11.8 Å². The van der Waals surface area contributed by atoms with Gasteiger partial charge >= 0.3 is 6.03 Å². The number of hydrogen-bond donors (Lipinski definition) is 3. The van der Waals surface area contributed by atoms with Gasteiger partial charge in [-0.05, 0) is 12.1 Å². The molecule has 0 saturated heterocycles. The van der Waals surface area contributed by atoms with Gasteiger partial charge in [0.2, 0.25) is 11.8 Å². The van der Waals surface area contributed by atoms with Crippen LogP contribution in [0.15, 0.2) is 39.0 Å². The third-order valence-corrected chi connectivity index (χ3v) is 5.55. The van der Waals surface area contributed by atoms with Gasteiger partial charge in [-0.2, -0.15) is 0 Å². The van der Waals surface area contributed by atoms with Crippen molar-refractivity contribution in [3.63, 3.8) is 0 Å². The lowest BCUT2D eigenvalue weighted by atomic mass is 10.3. The molecule has 2 aromatic rings. The Morgan fingerprint density at radius 2 is 1.67 bits per heavy atom. The Kier molecular flexibility index (Phi) is 7.03. The number of nitrogens with two attached hydrogens (primary N) is 1. The maximum absolute atomic E-state index is 11.7. The fourth-order valence-corrected chi connectivity index (χ4v) is 3.98. The zero-order chi connectivity index (χ0) is 17.4. The molecule has 24 heavy (non-hydrogen) atoms. The molecule has 4 N–H and O–H groups in total. The van der Waals surface area contributed by atoms with Gasteiger partial charge in [-0.15, -0.1) is 10.2 Å². The summed E-state index contributed by atoms with van der Waals surface area (Å²) in [6, 6.07) is 8.20. The number of hydrogen-bond acceptors (Lipinski definition) is 8. The number of primary amides is 1. The largest absolute Gasteiger partial charge is 0.369 e. The Labute approximate surface area is 150 Å². The minimum absolute atomic E-state index is 0.0251. The number of carbonyl (C=O) groups excluding carboxylic acids is 3. The summed E-state index contributed by atoms with van der Waals surface area (Å²) in [6.45, 7) is 0. The van der Waals surface area contributed by atoms with Gasteiger partial charge in [0, 0.05) is 5.69 Å². The second-order valence-corrected chi connectivity index (χ2v) is 7.67. The molecular weight excluding hydrogens is 370 g/mol. The lowest BCUT2D eigenvalue weighted by Gasteiger charge is -2.05. The van der Waals surface area contributed by atoms with Crippen LogP contribution < -0.4 is 16.4 Å². The monoisotopic (exact) mass is 383 g/mol. The van der Waals surface area contributed by atoms with Crippen LogP contribution in [0.5, 0.6) is 0 Å². The van der Waals surface area contributed by atoms with Crippen LogP contribution in [0.1, 0.15) is 0 Å². The Hall–Kier alpha value is -2.11. The number of anilines is 1. The van der Waals surface area contributed by atoms with Gasteiger partial charge in [0.25, 0.3) is 0 Å². The summed E-state index contributed by atoms with van der Waals surface area (Å²) in [4.78, 5) is 34.1. The molecule has 0 saturated carbocycles. The fraction of sp³-hybridized carbons (Fsp3) is 0.154. The van der Waals surface area contributed by atoms with E-state index in [1.165, 1.54) is 23.1 Å². The Morgan fingerprint density at radius 3 is 2.29 bits per heavy atom. The van der Waals surface area contributed by atoms with Crippen molar-refractivity contribution in [3.8, 4) is 0 Å². The number of nitrogens with zero attached hydrogens (tertiary/aromatic N) is 2. The standard InChI is InChI=1S/C13H13N5O3S3/c14-9(19)6-22-12-17-18-13(24-12)23-7-10(20)16-11(21)15-8-4-2-1-3-5-8/h1-5H,6-7H2,(H2,14,19)(H2,15,16,20,21). The molecular formula is C13H13N5O3S3. The smallest absolute Gasteiger partial charge is 0.325 e. The van der Waals surface area contributed by atoms with Gasteiger partial charge in [-0.3, -0.25) is 14.9 Å². The van der Waals surface area contributed by atoms with Crippen LogP contribution in [-0.2, 0) is 9.59 Å². The zero-order valence-corrected chi connectivity index (χ0v) is 14.7. The topological polar surface area (TPSA) is 127 Å². The van der Waals surface area contributed by atoms with Crippen LogP contribution >= 0.6 is 34.9 Å². The number of benzene rings is 1. The predicted octanol–water partition coefficient (Wildman–Crippen LogP) is 1.56. The van der Waals surface area contributed by atoms with Gasteiger partial charge in [0.05, 0.1) is 11.5 Å². The molecule has 126 valence electrons. The number of imide groups is 1. The molecule has 0 bridgehead atoms. The van der Waals surface area contributed by atoms with Crippen LogP contribution in [-0.4, -0.2) is 39.5 Å². The summed E-state index contributed by atoms with van der Waals surface area (Å²) >= 11 is 3.60. The number of rotatable bonds is 7. The Morgan fingerprint density at radius 1 is 1.04 bits per heavy atom. The Balaban J connectivity index is 1.73. The van der Waals surface area contributed by atoms with Crippen LogP contribution in [0.3, 0.4) is 0 Å². The number of para-hydroxylation sites is 1. The third-order valence-electron chi connectivity index (χ3n) is 2.34. The molecule has 0 aliphatic rings. The lowest BCUT2D eigenvalue weighted by Crippen LogP contribution is -2.35. The quantitative estimate of drug-likeness (QED) is 0.619. The second kappa shape index (κ2) is 9.25. The molecule has 4 amide bonds. The maximum atomic E-state index is 11.7. The molecule has 0 spiro atoms. The first-order chi connectivity index (χ1) is 11.5. The van der Waals surface area contributed by atoms with Gasteiger partial charge < -0.3 is 11.1 Å². The van der Waals surface area contributed by atoms with E-state index in [4.69, 9.17) is 5.73 Å². The van der Waals surface area contributed by atoms with Crippen molar-refractivity contribution in [1.29, 1.82) is 0 Å². The average Bonchev–Trinajstić information content (AvgIpc) is 3.00. The molecule has 8 nitrogen and oxygen atoms in total. The first-order valence-electron chi connectivity index (χ1n) is 6.56. The van der Waals surface area contributed by atoms with E-state index >= 15 is 0 Å². The number of aromatic nitrogens is 2. The average molecular weight is 383 g/mol.